The van der Waals surface area contributed by atoms with Crippen LogP contribution < -0.4 is 15.2 Å². The maximum atomic E-state index is 11.3. The van der Waals surface area contributed by atoms with Crippen molar-refractivity contribution in [3.63, 3.8) is 0 Å². The van der Waals surface area contributed by atoms with E-state index < -0.39 is 5.91 Å². The summed E-state index contributed by atoms with van der Waals surface area (Å²) >= 11 is 0. The Morgan fingerprint density at radius 3 is 2.50 bits per heavy atom. The first-order chi connectivity index (χ1) is 7.63. The molecular formula is C11H14N2O3. The van der Waals surface area contributed by atoms with E-state index >= 15 is 0 Å². The molecule has 0 heterocycles. The molecule has 0 radical (unpaired) electrons. The van der Waals surface area contributed by atoms with Crippen LogP contribution in [0.15, 0.2) is 17.1 Å². The molecule has 0 saturated carbocycles. The van der Waals surface area contributed by atoms with Crippen molar-refractivity contribution in [3.8, 4) is 11.5 Å². The Hall–Kier alpha value is -2.04. The van der Waals surface area contributed by atoms with E-state index in [0.717, 1.165) is 0 Å². The third kappa shape index (κ3) is 2.31. The van der Waals surface area contributed by atoms with Crippen LogP contribution in [0, 0.1) is 0 Å². The molecule has 0 saturated heterocycles. The molecule has 0 fully saturated rings. The molecule has 1 aromatic rings. The van der Waals surface area contributed by atoms with E-state index in [4.69, 9.17) is 15.2 Å². The van der Waals surface area contributed by atoms with Crippen LogP contribution in [0.5, 0.6) is 11.5 Å². The van der Waals surface area contributed by atoms with Gasteiger partial charge >= 0.3 is 0 Å². The van der Waals surface area contributed by atoms with Gasteiger partial charge in [-0.15, -0.1) is 0 Å². The Balaban J connectivity index is 3.46. The van der Waals surface area contributed by atoms with Gasteiger partial charge in [-0.05, 0) is 13.0 Å². The van der Waals surface area contributed by atoms with Gasteiger partial charge in [0.1, 0.15) is 17.2 Å². The average molecular weight is 222 g/mol. The maximum absolute atomic E-state index is 11.3. The predicted molar refractivity (Wildman–Crippen MR) is 61.9 cm³/mol. The lowest BCUT2D eigenvalue weighted by Crippen LogP contribution is -2.11. The molecule has 0 aromatic heterocycles. The molecule has 0 bridgehead atoms. The van der Waals surface area contributed by atoms with Gasteiger partial charge < -0.3 is 15.2 Å². The summed E-state index contributed by atoms with van der Waals surface area (Å²) in [6.07, 6.45) is 1.57. The maximum Gasteiger partial charge on any atom is 0.251 e. The molecule has 5 nitrogen and oxygen atoms in total. The van der Waals surface area contributed by atoms with Gasteiger partial charge in [0.05, 0.1) is 19.8 Å². The molecule has 2 N–H and O–H groups in total. The van der Waals surface area contributed by atoms with Crippen LogP contribution in [0.1, 0.15) is 17.3 Å². The zero-order chi connectivity index (χ0) is 12.1. The largest absolute Gasteiger partial charge is 0.497 e. The Bertz CT molecular complexity index is 427. The van der Waals surface area contributed by atoms with Crippen LogP contribution in [0.3, 0.4) is 0 Å². The van der Waals surface area contributed by atoms with E-state index in [1.165, 1.54) is 20.3 Å². The van der Waals surface area contributed by atoms with Crippen molar-refractivity contribution in [2.24, 2.45) is 10.7 Å². The smallest absolute Gasteiger partial charge is 0.251 e. The minimum Gasteiger partial charge on any atom is -0.497 e. The van der Waals surface area contributed by atoms with Gasteiger partial charge in [0.15, 0.2) is 0 Å². The van der Waals surface area contributed by atoms with Crippen molar-refractivity contribution >= 4 is 17.8 Å². The van der Waals surface area contributed by atoms with Crippen molar-refractivity contribution in [2.75, 3.05) is 14.2 Å². The number of primary amides is 1. The number of hydrogen-bond acceptors (Lipinski definition) is 4. The lowest BCUT2D eigenvalue weighted by Gasteiger charge is -2.10. The Morgan fingerprint density at radius 1 is 1.38 bits per heavy atom. The van der Waals surface area contributed by atoms with Crippen molar-refractivity contribution < 1.29 is 14.3 Å². The van der Waals surface area contributed by atoms with Crippen LogP contribution in [0.25, 0.3) is 0 Å². The number of nitrogens with zero attached hydrogens (tertiary/aromatic N) is 1. The van der Waals surface area contributed by atoms with Crippen LogP contribution in [-0.4, -0.2) is 26.3 Å². The first-order valence-electron chi connectivity index (χ1n) is 4.68. The highest BCUT2D eigenvalue weighted by Gasteiger charge is 2.15. The molecule has 0 unspecified atom stereocenters. The molecule has 0 aliphatic heterocycles. The molecule has 0 spiro atoms. The number of rotatable bonds is 4. The predicted octanol–water partition coefficient (Wildman–Crippen LogP) is 1.52. The molecule has 86 valence electrons. The first-order valence-corrected chi connectivity index (χ1v) is 4.68. The molecular weight excluding hydrogens is 208 g/mol. The number of aliphatic imine (C=N–C) groups is 1. The number of benzene rings is 1. The highest BCUT2D eigenvalue weighted by Crippen LogP contribution is 2.35. The Labute approximate surface area is 93.9 Å². The van der Waals surface area contributed by atoms with Gasteiger partial charge in [0, 0.05) is 12.3 Å². The molecule has 1 amide bonds. The summed E-state index contributed by atoms with van der Waals surface area (Å²) in [5.41, 5.74) is 5.96. The lowest BCUT2D eigenvalue weighted by molar-refractivity contribution is 0.100. The van der Waals surface area contributed by atoms with Crippen molar-refractivity contribution in [1.29, 1.82) is 0 Å². The summed E-state index contributed by atoms with van der Waals surface area (Å²) in [5, 5.41) is 0. The second kappa shape index (κ2) is 5.16. The second-order valence-electron chi connectivity index (χ2n) is 2.98. The fourth-order valence-electron chi connectivity index (χ4n) is 1.31. The summed E-state index contributed by atoms with van der Waals surface area (Å²) in [6, 6.07) is 3.18. The Morgan fingerprint density at radius 2 is 2.06 bits per heavy atom. The summed E-state index contributed by atoms with van der Waals surface area (Å²) in [4.78, 5) is 15.3. The topological polar surface area (TPSA) is 73.9 Å². The number of nitrogens with two attached hydrogens (primary N) is 1. The standard InChI is InChI=1S/C11H14N2O3/c1-4-13-10-8(11(12)14)5-7(15-2)6-9(10)16-3/h4-6H,1-3H3,(H2,12,14). The zero-order valence-corrected chi connectivity index (χ0v) is 9.48. The van der Waals surface area contributed by atoms with Crippen molar-refractivity contribution in [3.05, 3.63) is 17.7 Å². The molecule has 16 heavy (non-hydrogen) atoms. The summed E-state index contributed by atoms with van der Waals surface area (Å²) in [7, 11) is 3.00. The molecule has 0 aliphatic carbocycles. The van der Waals surface area contributed by atoms with Gasteiger partial charge in [-0.2, -0.15) is 0 Å². The molecule has 1 aromatic carbocycles. The Kier molecular flexibility index (Phi) is 3.88. The third-order valence-electron chi connectivity index (χ3n) is 2.03. The minimum atomic E-state index is -0.571. The van der Waals surface area contributed by atoms with Gasteiger partial charge in [0.2, 0.25) is 0 Å². The van der Waals surface area contributed by atoms with E-state index in [2.05, 4.69) is 4.99 Å². The van der Waals surface area contributed by atoms with Gasteiger partial charge in [-0.3, -0.25) is 9.79 Å². The van der Waals surface area contributed by atoms with Gasteiger partial charge in [0.25, 0.3) is 5.91 Å². The SMILES string of the molecule is CC=Nc1c(OC)cc(OC)cc1C(N)=O. The number of carbonyl (C=O) groups is 1. The third-order valence-corrected chi connectivity index (χ3v) is 2.03. The summed E-state index contributed by atoms with van der Waals surface area (Å²) < 4.78 is 10.2. The lowest BCUT2D eigenvalue weighted by atomic mass is 10.1. The van der Waals surface area contributed by atoms with Crippen LogP contribution in [-0.2, 0) is 0 Å². The molecule has 0 atom stereocenters. The molecule has 0 aliphatic rings. The van der Waals surface area contributed by atoms with Crippen LogP contribution >= 0.6 is 0 Å². The zero-order valence-electron chi connectivity index (χ0n) is 9.48. The number of carbonyl (C=O) groups excluding carboxylic acids is 1. The second-order valence-corrected chi connectivity index (χ2v) is 2.98. The number of ether oxygens (including phenoxy) is 2. The fourth-order valence-corrected chi connectivity index (χ4v) is 1.31. The molecule has 5 heteroatoms. The van der Waals surface area contributed by atoms with Crippen molar-refractivity contribution in [2.45, 2.75) is 6.92 Å². The molecule has 1 rings (SSSR count). The van der Waals surface area contributed by atoms with Gasteiger partial charge in [-0.25, -0.2) is 0 Å². The van der Waals surface area contributed by atoms with E-state index in [1.54, 1.807) is 19.2 Å². The summed E-state index contributed by atoms with van der Waals surface area (Å²) in [6.45, 7) is 1.74. The quantitative estimate of drug-likeness (QED) is 0.785. The summed E-state index contributed by atoms with van der Waals surface area (Å²) in [5.74, 6) is 0.379. The highest BCUT2D eigenvalue weighted by atomic mass is 16.5. The number of methoxy groups -OCH3 is 2. The van der Waals surface area contributed by atoms with Crippen LogP contribution in [0.2, 0.25) is 0 Å². The fraction of sp³-hybridized carbons (Fsp3) is 0.273. The monoisotopic (exact) mass is 222 g/mol. The minimum absolute atomic E-state index is 0.273. The van der Waals surface area contributed by atoms with Gasteiger partial charge in [-0.1, -0.05) is 0 Å². The average Bonchev–Trinajstić information content (AvgIpc) is 2.29. The van der Waals surface area contributed by atoms with E-state index in [9.17, 15) is 4.79 Å². The van der Waals surface area contributed by atoms with Crippen LogP contribution in [0.4, 0.5) is 5.69 Å². The van der Waals surface area contributed by atoms with E-state index in [1.807, 2.05) is 0 Å². The number of hydrogen-bond donors (Lipinski definition) is 1. The normalized spacial score (nSPS) is 10.4. The van der Waals surface area contributed by atoms with E-state index in [0.29, 0.717) is 17.2 Å². The van der Waals surface area contributed by atoms with E-state index in [-0.39, 0.29) is 5.56 Å². The van der Waals surface area contributed by atoms with Crippen molar-refractivity contribution in [1.82, 2.24) is 0 Å². The highest BCUT2D eigenvalue weighted by molar-refractivity contribution is 6.00. The first kappa shape index (κ1) is 12.0. The number of amides is 1.